The molecule has 0 aliphatic heterocycles. The molecule has 1 aromatic rings. The molecule has 0 aliphatic carbocycles. The van der Waals surface area contributed by atoms with Crippen LogP contribution in [0.4, 0.5) is 13.2 Å². The molecule has 1 rings (SSSR count). The fourth-order valence-electron chi connectivity index (χ4n) is 2.07. The fourth-order valence-corrected chi connectivity index (χ4v) is 2.07. The number of hydrogen-bond donors (Lipinski definition) is 1. The smallest absolute Gasteiger partial charge is 0.383 e. The van der Waals surface area contributed by atoms with Crippen molar-refractivity contribution < 1.29 is 17.9 Å². The number of hydrogen-bond acceptors (Lipinski definition) is 3. The summed E-state index contributed by atoms with van der Waals surface area (Å²) in [4.78, 5) is 2.07. The van der Waals surface area contributed by atoms with Gasteiger partial charge in [-0.1, -0.05) is 18.2 Å². The van der Waals surface area contributed by atoms with Crippen LogP contribution in [0.2, 0.25) is 0 Å². The predicted molar refractivity (Wildman–Crippen MR) is 77.2 cm³/mol. The molecule has 0 amide bonds. The van der Waals surface area contributed by atoms with Crippen LogP contribution in [-0.4, -0.2) is 45.3 Å². The van der Waals surface area contributed by atoms with Crippen LogP contribution in [0, 0.1) is 0 Å². The third-order valence-corrected chi connectivity index (χ3v) is 3.35. The summed E-state index contributed by atoms with van der Waals surface area (Å²) in [7, 11) is 3.59. The lowest BCUT2D eigenvalue weighted by Crippen LogP contribution is -2.33. The molecule has 1 aromatic carbocycles. The van der Waals surface area contributed by atoms with Crippen molar-refractivity contribution in [3.05, 3.63) is 35.4 Å². The Balaban J connectivity index is 2.55. The first-order chi connectivity index (χ1) is 9.86. The van der Waals surface area contributed by atoms with Gasteiger partial charge in [-0.15, -0.1) is 0 Å². The highest BCUT2D eigenvalue weighted by Crippen LogP contribution is 2.34. The van der Waals surface area contributed by atoms with Gasteiger partial charge in [-0.3, -0.25) is 0 Å². The second-order valence-electron chi connectivity index (χ2n) is 5.06. The van der Waals surface area contributed by atoms with Crippen molar-refractivity contribution in [1.29, 1.82) is 0 Å². The van der Waals surface area contributed by atoms with Crippen molar-refractivity contribution in [1.82, 2.24) is 10.2 Å². The van der Waals surface area contributed by atoms with Crippen molar-refractivity contribution in [3.63, 3.8) is 0 Å². The van der Waals surface area contributed by atoms with Crippen LogP contribution >= 0.6 is 0 Å². The standard InChI is InChI=1S/C15H23F3N2O/c1-12(19-8-9-20(2)10-11-21-3)13-6-4-5-7-14(13)15(16,17)18/h4-7,12,19H,8-11H2,1-3H3. The summed E-state index contributed by atoms with van der Waals surface area (Å²) >= 11 is 0. The van der Waals surface area contributed by atoms with Crippen molar-refractivity contribution in [2.75, 3.05) is 40.4 Å². The second-order valence-corrected chi connectivity index (χ2v) is 5.06. The second kappa shape index (κ2) is 8.36. The van der Waals surface area contributed by atoms with E-state index in [9.17, 15) is 13.2 Å². The molecule has 0 saturated heterocycles. The predicted octanol–water partition coefficient (Wildman–Crippen LogP) is 2.93. The summed E-state index contributed by atoms with van der Waals surface area (Å²) < 4.78 is 43.8. The number of benzene rings is 1. The molecule has 0 radical (unpaired) electrons. The van der Waals surface area contributed by atoms with Gasteiger partial charge < -0.3 is 15.0 Å². The van der Waals surface area contributed by atoms with Crippen LogP contribution < -0.4 is 5.32 Å². The zero-order valence-corrected chi connectivity index (χ0v) is 12.7. The third kappa shape index (κ3) is 6.03. The largest absolute Gasteiger partial charge is 0.416 e. The quantitative estimate of drug-likeness (QED) is 0.799. The van der Waals surface area contributed by atoms with E-state index in [4.69, 9.17) is 4.74 Å². The number of rotatable bonds is 8. The van der Waals surface area contributed by atoms with Crippen LogP contribution in [0.1, 0.15) is 24.1 Å². The SMILES string of the molecule is COCCN(C)CCNC(C)c1ccccc1C(F)(F)F. The van der Waals surface area contributed by atoms with Gasteiger partial charge in [0, 0.05) is 32.8 Å². The van der Waals surface area contributed by atoms with E-state index in [-0.39, 0.29) is 11.6 Å². The van der Waals surface area contributed by atoms with Gasteiger partial charge in [-0.05, 0) is 25.6 Å². The molecule has 3 nitrogen and oxygen atoms in total. The summed E-state index contributed by atoms with van der Waals surface area (Å²) in [6, 6.07) is 5.34. The van der Waals surface area contributed by atoms with Crippen molar-refractivity contribution in [2.45, 2.75) is 19.1 Å². The number of methoxy groups -OCH3 is 1. The molecule has 0 spiro atoms. The number of nitrogens with zero attached hydrogens (tertiary/aromatic N) is 1. The van der Waals surface area contributed by atoms with Crippen LogP contribution in [0.15, 0.2) is 24.3 Å². The molecule has 0 bridgehead atoms. The van der Waals surface area contributed by atoms with E-state index < -0.39 is 11.7 Å². The molecule has 0 heterocycles. The Morgan fingerprint density at radius 3 is 2.52 bits per heavy atom. The minimum atomic E-state index is -4.32. The minimum absolute atomic E-state index is 0.282. The van der Waals surface area contributed by atoms with Crippen molar-refractivity contribution in [3.8, 4) is 0 Å². The zero-order chi connectivity index (χ0) is 15.9. The fraction of sp³-hybridized carbons (Fsp3) is 0.600. The highest BCUT2D eigenvalue weighted by Gasteiger charge is 2.33. The molecule has 120 valence electrons. The summed E-state index contributed by atoms with van der Waals surface area (Å²) in [6.45, 7) is 4.56. The Bertz CT molecular complexity index is 424. The Hall–Kier alpha value is -1.11. The van der Waals surface area contributed by atoms with Gasteiger partial charge in [0.15, 0.2) is 0 Å². The van der Waals surface area contributed by atoms with Gasteiger partial charge in [0.05, 0.1) is 12.2 Å². The molecule has 0 aliphatic rings. The first-order valence-corrected chi connectivity index (χ1v) is 6.93. The number of ether oxygens (including phenoxy) is 1. The number of likely N-dealkylation sites (N-methyl/N-ethyl adjacent to an activating group) is 1. The van der Waals surface area contributed by atoms with Gasteiger partial charge in [-0.2, -0.15) is 13.2 Å². The summed E-state index contributed by atoms with van der Waals surface area (Å²) in [5.74, 6) is 0. The first kappa shape index (κ1) is 17.9. The number of alkyl halides is 3. The lowest BCUT2D eigenvalue weighted by atomic mass is 10.0. The summed E-state index contributed by atoms with van der Waals surface area (Å²) in [5, 5.41) is 3.14. The Morgan fingerprint density at radius 2 is 1.90 bits per heavy atom. The molecule has 0 aromatic heterocycles. The highest BCUT2D eigenvalue weighted by molar-refractivity contribution is 5.32. The molecule has 21 heavy (non-hydrogen) atoms. The van der Waals surface area contributed by atoms with E-state index in [0.29, 0.717) is 13.2 Å². The van der Waals surface area contributed by atoms with Crippen LogP contribution in [0.3, 0.4) is 0 Å². The molecule has 1 unspecified atom stereocenters. The Labute approximate surface area is 124 Å². The topological polar surface area (TPSA) is 24.5 Å². The molecular formula is C15H23F3N2O. The average molecular weight is 304 g/mol. The van der Waals surface area contributed by atoms with E-state index in [0.717, 1.165) is 19.2 Å². The van der Waals surface area contributed by atoms with E-state index in [1.54, 1.807) is 20.1 Å². The molecule has 1 N–H and O–H groups in total. The first-order valence-electron chi connectivity index (χ1n) is 6.93. The average Bonchev–Trinajstić information content (AvgIpc) is 2.44. The van der Waals surface area contributed by atoms with E-state index >= 15 is 0 Å². The summed E-state index contributed by atoms with van der Waals surface area (Å²) in [5.41, 5.74) is -0.290. The summed E-state index contributed by atoms with van der Waals surface area (Å²) in [6.07, 6.45) is -4.32. The lowest BCUT2D eigenvalue weighted by Gasteiger charge is -2.21. The van der Waals surface area contributed by atoms with Crippen LogP contribution in [0.25, 0.3) is 0 Å². The van der Waals surface area contributed by atoms with Crippen molar-refractivity contribution in [2.24, 2.45) is 0 Å². The van der Waals surface area contributed by atoms with E-state index in [1.807, 2.05) is 7.05 Å². The monoisotopic (exact) mass is 304 g/mol. The maximum absolute atomic E-state index is 12.9. The number of halogens is 3. The molecule has 1 atom stereocenters. The molecular weight excluding hydrogens is 281 g/mol. The van der Waals surface area contributed by atoms with Crippen molar-refractivity contribution >= 4 is 0 Å². The third-order valence-electron chi connectivity index (χ3n) is 3.35. The van der Waals surface area contributed by atoms with Gasteiger partial charge >= 0.3 is 6.18 Å². The zero-order valence-electron chi connectivity index (χ0n) is 12.7. The van der Waals surface area contributed by atoms with Crippen LogP contribution in [-0.2, 0) is 10.9 Å². The van der Waals surface area contributed by atoms with Gasteiger partial charge in [-0.25, -0.2) is 0 Å². The van der Waals surface area contributed by atoms with Crippen LogP contribution in [0.5, 0.6) is 0 Å². The maximum atomic E-state index is 12.9. The number of nitrogens with one attached hydrogen (secondary N) is 1. The lowest BCUT2D eigenvalue weighted by molar-refractivity contribution is -0.138. The van der Waals surface area contributed by atoms with E-state index in [2.05, 4.69) is 10.2 Å². The van der Waals surface area contributed by atoms with E-state index in [1.165, 1.54) is 12.1 Å². The molecule has 0 saturated carbocycles. The van der Waals surface area contributed by atoms with Gasteiger partial charge in [0.1, 0.15) is 0 Å². The Morgan fingerprint density at radius 1 is 1.24 bits per heavy atom. The van der Waals surface area contributed by atoms with Gasteiger partial charge in [0.25, 0.3) is 0 Å². The van der Waals surface area contributed by atoms with Gasteiger partial charge in [0.2, 0.25) is 0 Å². The maximum Gasteiger partial charge on any atom is 0.416 e. The Kier molecular flexibility index (Phi) is 7.14. The highest BCUT2D eigenvalue weighted by atomic mass is 19.4. The minimum Gasteiger partial charge on any atom is -0.383 e. The normalized spacial score (nSPS) is 13.7. The molecule has 0 fully saturated rings. The molecule has 6 heteroatoms.